The van der Waals surface area contributed by atoms with Crippen LogP contribution in [0.25, 0.3) is 0 Å². The monoisotopic (exact) mass is 330 g/mol. The van der Waals surface area contributed by atoms with Gasteiger partial charge in [-0.05, 0) is 62.1 Å². The highest BCUT2D eigenvalue weighted by Crippen LogP contribution is 2.49. The molecular formula is C20H30N2O2. The van der Waals surface area contributed by atoms with Crippen LogP contribution in [0.15, 0.2) is 18.5 Å². The van der Waals surface area contributed by atoms with E-state index in [0.29, 0.717) is 18.1 Å². The van der Waals surface area contributed by atoms with Crippen molar-refractivity contribution in [2.45, 2.75) is 69.4 Å². The standard InChI is InChI=1S/C20H30N2O2/c1-2-4-18(5-3-1)23-9-7-15-11-20(15)16-10-19(13-21-12-16)24-14-17-6-8-22-17/h10,12-13,15,17-18,20,22H,1-9,11,14H2. The summed E-state index contributed by atoms with van der Waals surface area (Å²) in [6.45, 7) is 2.82. The van der Waals surface area contributed by atoms with Gasteiger partial charge in [-0.1, -0.05) is 19.3 Å². The fourth-order valence-electron chi connectivity index (χ4n) is 4.00. The van der Waals surface area contributed by atoms with E-state index in [4.69, 9.17) is 9.47 Å². The van der Waals surface area contributed by atoms with Crippen molar-refractivity contribution in [3.63, 3.8) is 0 Å². The van der Waals surface area contributed by atoms with E-state index >= 15 is 0 Å². The molecule has 4 nitrogen and oxygen atoms in total. The molecule has 132 valence electrons. The van der Waals surface area contributed by atoms with Crippen LogP contribution < -0.4 is 10.1 Å². The summed E-state index contributed by atoms with van der Waals surface area (Å²) in [7, 11) is 0. The zero-order valence-corrected chi connectivity index (χ0v) is 14.6. The van der Waals surface area contributed by atoms with Crippen molar-refractivity contribution >= 4 is 0 Å². The Hall–Kier alpha value is -1.13. The second kappa shape index (κ2) is 7.83. The summed E-state index contributed by atoms with van der Waals surface area (Å²) < 4.78 is 12.0. The molecule has 3 aliphatic rings. The maximum atomic E-state index is 6.08. The highest BCUT2D eigenvalue weighted by molar-refractivity contribution is 5.30. The highest BCUT2D eigenvalue weighted by atomic mass is 16.5. The molecule has 3 unspecified atom stereocenters. The molecule has 0 spiro atoms. The van der Waals surface area contributed by atoms with Crippen LogP contribution in [-0.4, -0.2) is 36.9 Å². The summed E-state index contributed by atoms with van der Waals surface area (Å²) in [5, 5.41) is 3.36. The van der Waals surface area contributed by atoms with Crippen molar-refractivity contribution in [2.75, 3.05) is 19.8 Å². The van der Waals surface area contributed by atoms with E-state index in [-0.39, 0.29) is 0 Å². The number of hydrogen-bond acceptors (Lipinski definition) is 4. The van der Waals surface area contributed by atoms with Gasteiger partial charge >= 0.3 is 0 Å². The maximum absolute atomic E-state index is 6.08. The third-order valence-electron chi connectivity index (χ3n) is 5.86. The van der Waals surface area contributed by atoms with Gasteiger partial charge in [-0.3, -0.25) is 4.98 Å². The molecular weight excluding hydrogens is 300 g/mol. The first-order valence-electron chi connectivity index (χ1n) is 9.81. The Morgan fingerprint density at radius 2 is 2.00 bits per heavy atom. The van der Waals surface area contributed by atoms with Crippen LogP contribution in [0.5, 0.6) is 5.75 Å². The molecule has 3 atom stereocenters. The molecule has 0 radical (unpaired) electrons. The SMILES string of the molecule is c1ncc(C2CC2CCOC2CCCCC2)cc1OCC1CCN1. The quantitative estimate of drug-likeness (QED) is 0.790. The molecule has 3 fully saturated rings. The summed E-state index contributed by atoms with van der Waals surface area (Å²) >= 11 is 0. The van der Waals surface area contributed by atoms with Crippen molar-refractivity contribution in [3.8, 4) is 5.75 Å². The maximum Gasteiger partial charge on any atom is 0.137 e. The Balaban J connectivity index is 1.19. The average molecular weight is 330 g/mol. The minimum absolute atomic E-state index is 0.527. The molecule has 0 bridgehead atoms. The Kier molecular flexibility index (Phi) is 5.34. The Bertz CT molecular complexity index is 526. The predicted molar refractivity (Wildman–Crippen MR) is 94.4 cm³/mol. The third-order valence-corrected chi connectivity index (χ3v) is 5.86. The fraction of sp³-hybridized carbons (Fsp3) is 0.750. The summed E-state index contributed by atoms with van der Waals surface area (Å²) in [6.07, 6.45) is 14.7. The van der Waals surface area contributed by atoms with Crippen molar-refractivity contribution in [2.24, 2.45) is 5.92 Å². The number of ether oxygens (including phenoxy) is 2. The van der Waals surface area contributed by atoms with E-state index in [1.807, 2.05) is 12.4 Å². The number of pyridine rings is 1. The Morgan fingerprint density at radius 1 is 1.12 bits per heavy atom. The molecule has 1 N–H and O–H groups in total. The minimum Gasteiger partial charge on any atom is -0.490 e. The lowest BCUT2D eigenvalue weighted by atomic mass is 9.98. The molecule has 1 saturated heterocycles. The second-order valence-corrected chi connectivity index (χ2v) is 7.73. The summed E-state index contributed by atoms with van der Waals surface area (Å²) in [4.78, 5) is 4.38. The van der Waals surface area contributed by atoms with E-state index in [9.17, 15) is 0 Å². The number of nitrogens with zero attached hydrogens (tertiary/aromatic N) is 1. The zero-order valence-electron chi connectivity index (χ0n) is 14.6. The summed E-state index contributed by atoms with van der Waals surface area (Å²) in [5.74, 6) is 2.36. The molecule has 1 aromatic heterocycles. The van der Waals surface area contributed by atoms with E-state index in [2.05, 4.69) is 16.4 Å². The Labute approximate surface area is 145 Å². The van der Waals surface area contributed by atoms with E-state index < -0.39 is 0 Å². The van der Waals surface area contributed by atoms with Gasteiger partial charge in [-0.15, -0.1) is 0 Å². The first-order chi connectivity index (χ1) is 11.9. The predicted octanol–water partition coefficient (Wildman–Crippen LogP) is 3.67. The first-order valence-corrected chi connectivity index (χ1v) is 9.81. The number of nitrogens with one attached hydrogen (secondary N) is 1. The van der Waals surface area contributed by atoms with Gasteiger partial charge in [0.15, 0.2) is 0 Å². The lowest BCUT2D eigenvalue weighted by Gasteiger charge is -2.27. The number of rotatable bonds is 8. The molecule has 4 rings (SSSR count). The van der Waals surface area contributed by atoms with Gasteiger partial charge in [0.1, 0.15) is 12.4 Å². The van der Waals surface area contributed by atoms with E-state index in [0.717, 1.165) is 31.4 Å². The van der Waals surface area contributed by atoms with Crippen LogP contribution >= 0.6 is 0 Å². The normalized spacial score (nSPS) is 29.9. The molecule has 24 heavy (non-hydrogen) atoms. The van der Waals surface area contributed by atoms with Gasteiger partial charge < -0.3 is 14.8 Å². The molecule has 0 amide bonds. The van der Waals surface area contributed by atoms with Crippen LogP contribution in [0.1, 0.15) is 62.8 Å². The van der Waals surface area contributed by atoms with Gasteiger partial charge in [0.2, 0.25) is 0 Å². The molecule has 1 aromatic rings. The van der Waals surface area contributed by atoms with Gasteiger partial charge in [0.25, 0.3) is 0 Å². The van der Waals surface area contributed by atoms with Crippen molar-refractivity contribution in [1.82, 2.24) is 10.3 Å². The topological polar surface area (TPSA) is 43.4 Å². The van der Waals surface area contributed by atoms with Crippen LogP contribution in [0.2, 0.25) is 0 Å². The summed E-state index contributed by atoms with van der Waals surface area (Å²) in [5.41, 5.74) is 1.34. The van der Waals surface area contributed by atoms with Crippen LogP contribution in [0, 0.1) is 5.92 Å². The van der Waals surface area contributed by atoms with Crippen LogP contribution in [0.3, 0.4) is 0 Å². The number of aromatic nitrogens is 1. The molecule has 0 aromatic carbocycles. The van der Waals surface area contributed by atoms with Gasteiger partial charge in [0, 0.05) is 18.8 Å². The van der Waals surface area contributed by atoms with E-state index in [1.165, 1.54) is 56.9 Å². The van der Waals surface area contributed by atoms with Gasteiger partial charge in [0.05, 0.1) is 12.3 Å². The van der Waals surface area contributed by atoms with Crippen molar-refractivity contribution in [1.29, 1.82) is 0 Å². The lowest BCUT2D eigenvalue weighted by molar-refractivity contribution is 0.0250. The molecule has 2 aliphatic carbocycles. The van der Waals surface area contributed by atoms with Crippen molar-refractivity contribution < 1.29 is 9.47 Å². The van der Waals surface area contributed by atoms with Crippen molar-refractivity contribution in [3.05, 3.63) is 24.0 Å². The molecule has 2 saturated carbocycles. The number of hydrogen-bond donors (Lipinski definition) is 1. The summed E-state index contributed by atoms with van der Waals surface area (Å²) in [6, 6.07) is 2.72. The minimum atomic E-state index is 0.527. The van der Waals surface area contributed by atoms with Gasteiger partial charge in [-0.2, -0.15) is 0 Å². The lowest BCUT2D eigenvalue weighted by Crippen LogP contribution is -2.46. The van der Waals surface area contributed by atoms with Crippen LogP contribution in [-0.2, 0) is 4.74 Å². The molecule has 1 aliphatic heterocycles. The third kappa shape index (κ3) is 4.28. The highest BCUT2D eigenvalue weighted by Gasteiger charge is 2.38. The molecule has 2 heterocycles. The Morgan fingerprint density at radius 3 is 2.79 bits per heavy atom. The zero-order chi connectivity index (χ0) is 16.2. The molecule has 4 heteroatoms. The largest absolute Gasteiger partial charge is 0.490 e. The smallest absolute Gasteiger partial charge is 0.137 e. The van der Waals surface area contributed by atoms with E-state index in [1.54, 1.807) is 0 Å². The second-order valence-electron chi connectivity index (χ2n) is 7.73. The van der Waals surface area contributed by atoms with Crippen LogP contribution in [0.4, 0.5) is 0 Å². The van der Waals surface area contributed by atoms with Gasteiger partial charge in [-0.25, -0.2) is 0 Å². The fourth-order valence-corrected chi connectivity index (χ4v) is 4.00. The first kappa shape index (κ1) is 16.3. The average Bonchev–Trinajstić information content (AvgIpc) is 3.34.